The number of hydrogen-bond donors (Lipinski definition) is 0. The lowest BCUT2D eigenvalue weighted by Gasteiger charge is -1.99. The van der Waals surface area contributed by atoms with Gasteiger partial charge in [0.15, 0.2) is 0 Å². The molecule has 0 aliphatic heterocycles. The van der Waals surface area contributed by atoms with Crippen molar-refractivity contribution in [3.05, 3.63) is 6.92 Å². The maximum atomic E-state index is 11.4. The zero-order chi connectivity index (χ0) is 5.21. The Hall–Kier alpha value is 0.590. The molecule has 0 aromatic rings. The highest BCUT2D eigenvalue weighted by atomic mass is 127. The molecule has 0 heterocycles. The van der Waals surface area contributed by atoms with E-state index in [2.05, 4.69) is 6.92 Å². The molecule has 0 rings (SSSR count). The fourth-order valence-corrected chi connectivity index (χ4v) is 0. The van der Waals surface area contributed by atoms with Crippen LogP contribution in [0.1, 0.15) is 6.42 Å². The van der Waals surface area contributed by atoms with Gasteiger partial charge in [0.05, 0.1) is 0 Å². The fourth-order valence-electron chi connectivity index (χ4n) is 0. The molecule has 0 aromatic carbocycles. The second kappa shape index (κ2) is 2.04. The Labute approximate surface area is 49.1 Å². The maximum Gasteiger partial charge on any atom is 0.296 e. The predicted octanol–water partition coefficient (Wildman–Crippen LogP) is 2.24. The molecule has 3 heteroatoms. The first-order chi connectivity index (χ1) is 2.56. The largest absolute Gasteiger partial charge is 0.296 e. The molecule has 0 aromatic heterocycles. The van der Waals surface area contributed by atoms with Crippen molar-refractivity contribution in [2.24, 2.45) is 0 Å². The molecule has 0 N–H and O–H groups in total. The van der Waals surface area contributed by atoms with Crippen LogP contribution in [0.25, 0.3) is 0 Å². The van der Waals surface area contributed by atoms with E-state index in [9.17, 15) is 8.78 Å². The van der Waals surface area contributed by atoms with Gasteiger partial charge in [-0.05, 0) is 29.5 Å². The standard InChI is InChI=1S/C3H4F2I/c1-2-3(4,5)6/h1-2H2. The highest BCUT2D eigenvalue weighted by molar-refractivity contribution is 14.1. The first-order valence-electron chi connectivity index (χ1n) is 1.42. The molecule has 0 atom stereocenters. The summed E-state index contributed by atoms with van der Waals surface area (Å²) in [6, 6.07) is 0. The molecule has 1 radical (unpaired) electrons. The predicted molar refractivity (Wildman–Crippen MR) is 28.9 cm³/mol. The lowest BCUT2D eigenvalue weighted by atomic mass is 10.5. The van der Waals surface area contributed by atoms with Crippen LogP contribution in [0.5, 0.6) is 0 Å². The topological polar surface area (TPSA) is 0 Å². The van der Waals surface area contributed by atoms with E-state index in [1.54, 1.807) is 0 Å². The van der Waals surface area contributed by atoms with Crippen LogP contribution in [-0.4, -0.2) is 3.93 Å². The van der Waals surface area contributed by atoms with Gasteiger partial charge in [-0.3, -0.25) is 0 Å². The van der Waals surface area contributed by atoms with Crippen LogP contribution < -0.4 is 0 Å². The molecule has 0 aliphatic rings. The monoisotopic (exact) mass is 205 g/mol. The average molecular weight is 205 g/mol. The molecule has 0 fully saturated rings. The zero-order valence-electron chi connectivity index (χ0n) is 3.05. The third-order valence-electron chi connectivity index (χ3n) is 0.283. The molecule has 0 saturated carbocycles. The Bertz CT molecular complexity index is 38.5. The van der Waals surface area contributed by atoms with E-state index in [-0.39, 0.29) is 6.42 Å². The van der Waals surface area contributed by atoms with Crippen molar-refractivity contribution in [1.82, 2.24) is 0 Å². The van der Waals surface area contributed by atoms with Gasteiger partial charge in [-0.15, -0.1) is 0 Å². The molecule has 0 bridgehead atoms. The highest BCUT2D eigenvalue weighted by Gasteiger charge is 2.18. The molecule has 0 spiro atoms. The van der Waals surface area contributed by atoms with Crippen LogP contribution in [0.15, 0.2) is 0 Å². The van der Waals surface area contributed by atoms with Crippen LogP contribution in [0.3, 0.4) is 0 Å². The Morgan fingerprint density at radius 3 is 1.83 bits per heavy atom. The third-order valence-corrected chi connectivity index (χ3v) is 0.823. The SMILES string of the molecule is [CH2]CC(F)(F)I. The number of halogens is 3. The van der Waals surface area contributed by atoms with Gasteiger partial charge < -0.3 is 0 Å². The van der Waals surface area contributed by atoms with Crippen LogP contribution in [0.4, 0.5) is 8.78 Å². The maximum absolute atomic E-state index is 11.4. The van der Waals surface area contributed by atoms with Crippen molar-refractivity contribution in [2.75, 3.05) is 0 Å². The summed E-state index contributed by atoms with van der Waals surface area (Å²) >= 11 is 1.04. The minimum Gasteiger partial charge on any atom is -0.195 e. The minimum atomic E-state index is -2.60. The van der Waals surface area contributed by atoms with Crippen molar-refractivity contribution >= 4 is 22.6 Å². The van der Waals surface area contributed by atoms with Crippen molar-refractivity contribution in [3.8, 4) is 0 Å². The molecule has 0 saturated heterocycles. The number of rotatable bonds is 1. The molecular formula is C3H4F2I. The summed E-state index contributed by atoms with van der Waals surface area (Å²) in [7, 11) is 0. The molecule has 0 amide bonds. The van der Waals surface area contributed by atoms with Crippen molar-refractivity contribution in [1.29, 1.82) is 0 Å². The van der Waals surface area contributed by atoms with E-state index >= 15 is 0 Å². The summed E-state index contributed by atoms with van der Waals surface area (Å²) in [4.78, 5) is 0. The smallest absolute Gasteiger partial charge is 0.195 e. The summed E-state index contributed by atoms with van der Waals surface area (Å²) in [5.41, 5.74) is 0. The molecule has 37 valence electrons. The van der Waals surface area contributed by atoms with E-state index in [1.165, 1.54) is 0 Å². The van der Waals surface area contributed by atoms with Crippen molar-refractivity contribution < 1.29 is 8.78 Å². The summed E-state index contributed by atoms with van der Waals surface area (Å²) in [5.74, 6) is 0. The van der Waals surface area contributed by atoms with Gasteiger partial charge in [0.2, 0.25) is 0 Å². The Balaban J connectivity index is 3.17. The van der Waals surface area contributed by atoms with Crippen molar-refractivity contribution in [3.63, 3.8) is 0 Å². The van der Waals surface area contributed by atoms with E-state index in [0.29, 0.717) is 0 Å². The van der Waals surface area contributed by atoms with Gasteiger partial charge in [-0.2, -0.15) is 8.78 Å². The fraction of sp³-hybridized carbons (Fsp3) is 0.667. The van der Waals surface area contributed by atoms with Gasteiger partial charge in [0, 0.05) is 6.42 Å². The Morgan fingerprint density at radius 2 is 1.83 bits per heavy atom. The number of alkyl halides is 3. The summed E-state index contributed by atoms with van der Waals surface area (Å²) < 4.78 is 20.2. The normalized spacial score (nSPS) is 12.0. The quantitative estimate of drug-likeness (QED) is 0.454. The molecular weight excluding hydrogens is 201 g/mol. The second-order valence-corrected chi connectivity index (χ2v) is 2.44. The average Bonchev–Trinajstić information content (AvgIpc) is 1.35. The summed E-state index contributed by atoms with van der Waals surface area (Å²) in [5, 5.41) is 0. The third kappa shape index (κ3) is 4.59. The second-order valence-electron chi connectivity index (χ2n) is 0.865. The van der Waals surface area contributed by atoms with E-state index in [1.807, 2.05) is 0 Å². The summed E-state index contributed by atoms with van der Waals surface area (Å²) in [6.45, 7) is 3.00. The lowest BCUT2D eigenvalue weighted by Crippen LogP contribution is -1.99. The molecule has 0 unspecified atom stereocenters. The minimum absolute atomic E-state index is 0.326. The first-order valence-corrected chi connectivity index (χ1v) is 2.50. The Kier molecular flexibility index (Phi) is 2.25. The molecule has 6 heavy (non-hydrogen) atoms. The van der Waals surface area contributed by atoms with Gasteiger partial charge >= 0.3 is 0 Å². The highest BCUT2D eigenvalue weighted by Crippen LogP contribution is 2.24. The summed E-state index contributed by atoms with van der Waals surface area (Å²) in [6.07, 6.45) is -0.326. The van der Waals surface area contributed by atoms with Crippen LogP contribution in [0.2, 0.25) is 0 Å². The van der Waals surface area contributed by atoms with Crippen molar-refractivity contribution in [2.45, 2.75) is 10.4 Å². The van der Waals surface area contributed by atoms with Gasteiger partial charge in [-0.1, -0.05) is 0 Å². The van der Waals surface area contributed by atoms with Crippen LogP contribution in [-0.2, 0) is 0 Å². The molecule has 0 nitrogen and oxygen atoms in total. The number of hydrogen-bond acceptors (Lipinski definition) is 0. The Morgan fingerprint density at radius 1 is 1.67 bits per heavy atom. The van der Waals surface area contributed by atoms with Gasteiger partial charge in [0.25, 0.3) is 3.93 Å². The zero-order valence-corrected chi connectivity index (χ0v) is 5.21. The van der Waals surface area contributed by atoms with E-state index < -0.39 is 3.93 Å². The van der Waals surface area contributed by atoms with Gasteiger partial charge in [-0.25, -0.2) is 0 Å². The lowest BCUT2D eigenvalue weighted by molar-refractivity contribution is 0.130. The van der Waals surface area contributed by atoms with Crippen LogP contribution >= 0.6 is 22.6 Å². The first kappa shape index (κ1) is 6.59. The van der Waals surface area contributed by atoms with Crippen LogP contribution in [0, 0.1) is 6.92 Å². The van der Waals surface area contributed by atoms with E-state index in [0.717, 1.165) is 22.6 Å². The van der Waals surface area contributed by atoms with Gasteiger partial charge in [0.1, 0.15) is 0 Å². The van der Waals surface area contributed by atoms with E-state index in [4.69, 9.17) is 0 Å². The molecule has 0 aliphatic carbocycles.